The van der Waals surface area contributed by atoms with Crippen LogP contribution in [0.5, 0.6) is 0 Å². The fourth-order valence-corrected chi connectivity index (χ4v) is 3.58. The number of rotatable bonds is 5. The summed E-state index contributed by atoms with van der Waals surface area (Å²) in [6, 6.07) is 7.81. The Labute approximate surface area is 119 Å². The van der Waals surface area contributed by atoms with Gasteiger partial charge in [-0.2, -0.15) is 11.8 Å². The number of thioether (sulfide) groups is 1. The first-order chi connectivity index (χ1) is 9.20. The molecule has 104 valence electrons. The van der Waals surface area contributed by atoms with Gasteiger partial charge in [0.05, 0.1) is 0 Å². The van der Waals surface area contributed by atoms with Crippen LogP contribution < -0.4 is 5.73 Å². The minimum absolute atomic E-state index is 0.227. The average molecular weight is 278 g/mol. The van der Waals surface area contributed by atoms with Gasteiger partial charge in [-0.25, -0.2) is 0 Å². The van der Waals surface area contributed by atoms with Gasteiger partial charge in [0, 0.05) is 30.4 Å². The second-order valence-electron chi connectivity index (χ2n) is 5.06. The minimum atomic E-state index is 0.227. The Hall–Kier alpha value is -1.16. The van der Waals surface area contributed by atoms with Gasteiger partial charge in [-0.1, -0.05) is 19.1 Å². The number of amides is 1. The lowest BCUT2D eigenvalue weighted by Gasteiger charge is -2.25. The SMILES string of the molecule is CCCN(Cc1ccc(N)cc1)C(=O)C1CCSC1. The van der Waals surface area contributed by atoms with Gasteiger partial charge in [-0.05, 0) is 36.3 Å². The molecule has 2 rings (SSSR count). The molecule has 0 spiro atoms. The van der Waals surface area contributed by atoms with Crippen LogP contribution in [-0.4, -0.2) is 28.9 Å². The fourth-order valence-electron chi connectivity index (χ4n) is 2.37. The van der Waals surface area contributed by atoms with E-state index < -0.39 is 0 Å². The van der Waals surface area contributed by atoms with Crippen LogP contribution in [-0.2, 0) is 11.3 Å². The highest BCUT2D eigenvalue weighted by molar-refractivity contribution is 7.99. The van der Waals surface area contributed by atoms with Crippen molar-refractivity contribution in [1.29, 1.82) is 0 Å². The van der Waals surface area contributed by atoms with Crippen molar-refractivity contribution in [2.24, 2.45) is 5.92 Å². The van der Waals surface area contributed by atoms with Crippen molar-refractivity contribution in [3.63, 3.8) is 0 Å². The zero-order valence-electron chi connectivity index (χ0n) is 11.5. The van der Waals surface area contributed by atoms with E-state index in [4.69, 9.17) is 5.73 Å². The zero-order chi connectivity index (χ0) is 13.7. The molecular weight excluding hydrogens is 256 g/mol. The second kappa shape index (κ2) is 6.85. The molecule has 1 atom stereocenters. The standard InChI is InChI=1S/C15H22N2OS/c1-2-8-17(15(18)13-7-9-19-11-13)10-12-3-5-14(16)6-4-12/h3-6,13H,2,7-11,16H2,1H3. The van der Waals surface area contributed by atoms with E-state index in [-0.39, 0.29) is 5.92 Å². The summed E-state index contributed by atoms with van der Waals surface area (Å²) in [5, 5.41) is 0. The number of carbonyl (C=O) groups is 1. The normalized spacial score (nSPS) is 18.5. The molecule has 0 aromatic heterocycles. The topological polar surface area (TPSA) is 46.3 Å². The molecule has 1 unspecified atom stereocenters. The van der Waals surface area contributed by atoms with Gasteiger partial charge in [-0.3, -0.25) is 4.79 Å². The van der Waals surface area contributed by atoms with E-state index in [1.54, 1.807) is 0 Å². The first-order valence-corrected chi connectivity index (χ1v) is 8.07. The maximum absolute atomic E-state index is 12.5. The van der Waals surface area contributed by atoms with Crippen LogP contribution in [0, 0.1) is 5.92 Å². The smallest absolute Gasteiger partial charge is 0.226 e. The van der Waals surface area contributed by atoms with E-state index in [1.165, 1.54) is 0 Å². The van der Waals surface area contributed by atoms with Gasteiger partial charge in [0.25, 0.3) is 0 Å². The molecule has 0 bridgehead atoms. The van der Waals surface area contributed by atoms with Crippen LogP contribution in [0.2, 0.25) is 0 Å². The third-order valence-corrected chi connectivity index (χ3v) is 4.60. The van der Waals surface area contributed by atoms with Gasteiger partial charge in [0.15, 0.2) is 0 Å². The Morgan fingerprint density at radius 2 is 2.16 bits per heavy atom. The molecule has 0 saturated carbocycles. The van der Waals surface area contributed by atoms with Crippen molar-refractivity contribution in [2.45, 2.75) is 26.3 Å². The Morgan fingerprint density at radius 1 is 1.42 bits per heavy atom. The molecule has 1 heterocycles. The molecule has 1 saturated heterocycles. The van der Waals surface area contributed by atoms with Crippen molar-refractivity contribution in [2.75, 3.05) is 23.8 Å². The molecular formula is C15H22N2OS. The van der Waals surface area contributed by atoms with Gasteiger partial charge in [-0.15, -0.1) is 0 Å². The van der Waals surface area contributed by atoms with Gasteiger partial charge < -0.3 is 10.6 Å². The lowest BCUT2D eigenvalue weighted by Crippen LogP contribution is -2.36. The number of nitrogens with two attached hydrogens (primary N) is 1. The maximum Gasteiger partial charge on any atom is 0.226 e. The number of nitrogens with zero attached hydrogens (tertiary/aromatic N) is 1. The molecule has 1 fully saturated rings. The summed E-state index contributed by atoms with van der Waals surface area (Å²) >= 11 is 1.89. The highest BCUT2D eigenvalue weighted by Crippen LogP contribution is 2.26. The Morgan fingerprint density at radius 3 is 2.74 bits per heavy atom. The lowest BCUT2D eigenvalue weighted by atomic mass is 10.1. The third-order valence-electron chi connectivity index (χ3n) is 3.44. The highest BCUT2D eigenvalue weighted by Gasteiger charge is 2.27. The molecule has 4 heteroatoms. The van der Waals surface area contributed by atoms with E-state index in [9.17, 15) is 4.79 Å². The summed E-state index contributed by atoms with van der Waals surface area (Å²) in [7, 11) is 0. The molecule has 1 aromatic rings. The lowest BCUT2D eigenvalue weighted by molar-refractivity contribution is -0.135. The van der Waals surface area contributed by atoms with Gasteiger partial charge in [0.2, 0.25) is 5.91 Å². The first-order valence-electron chi connectivity index (χ1n) is 6.91. The fraction of sp³-hybridized carbons (Fsp3) is 0.533. The summed E-state index contributed by atoms with van der Waals surface area (Å²) < 4.78 is 0. The number of anilines is 1. The first kappa shape index (κ1) is 14.3. The molecule has 3 nitrogen and oxygen atoms in total. The third kappa shape index (κ3) is 3.90. The maximum atomic E-state index is 12.5. The predicted molar refractivity (Wildman–Crippen MR) is 82.0 cm³/mol. The van der Waals surface area contributed by atoms with E-state index in [2.05, 4.69) is 6.92 Å². The Balaban J connectivity index is 2.02. The minimum Gasteiger partial charge on any atom is -0.399 e. The van der Waals surface area contributed by atoms with E-state index in [0.717, 1.165) is 42.1 Å². The zero-order valence-corrected chi connectivity index (χ0v) is 12.3. The predicted octanol–water partition coefficient (Wildman–Crippen LogP) is 2.76. The number of hydrogen-bond donors (Lipinski definition) is 1. The van der Waals surface area contributed by atoms with Crippen molar-refractivity contribution >= 4 is 23.4 Å². The Bertz CT molecular complexity index is 413. The largest absolute Gasteiger partial charge is 0.399 e. The molecule has 19 heavy (non-hydrogen) atoms. The quantitative estimate of drug-likeness (QED) is 0.842. The summed E-state index contributed by atoms with van der Waals surface area (Å²) in [5.41, 5.74) is 7.61. The summed E-state index contributed by atoms with van der Waals surface area (Å²) in [5.74, 6) is 2.66. The average Bonchev–Trinajstić information content (AvgIpc) is 2.94. The van der Waals surface area contributed by atoms with Crippen LogP contribution in [0.25, 0.3) is 0 Å². The van der Waals surface area contributed by atoms with E-state index in [1.807, 2.05) is 40.9 Å². The van der Waals surface area contributed by atoms with Crippen LogP contribution in [0.3, 0.4) is 0 Å². The summed E-state index contributed by atoms with van der Waals surface area (Å²) in [4.78, 5) is 14.5. The molecule has 1 aromatic carbocycles. The van der Waals surface area contributed by atoms with E-state index >= 15 is 0 Å². The van der Waals surface area contributed by atoms with E-state index in [0.29, 0.717) is 12.5 Å². The molecule has 0 radical (unpaired) electrons. The highest BCUT2D eigenvalue weighted by atomic mass is 32.2. The molecule has 0 aliphatic carbocycles. The van der Waals surface area contributed by atoms with Gasteiger partial charge in [0.1, 0.15) is 0 Å². The van der Waals surface area contributed by atoms with Crippen molar-refractivity contribution < 1.29 is 4.79 Å². The number of nitrogen functional groups attached to an aromatic ring is 1. The van der Waals surface area contributed by atoms with Crippen molar-refractivity contribution in [1.82, 2.24) is 4.90 Å². The number of carbonyl (C=O) groups excluding carboxylic acids is 1. The molecule has 2 N–H and O–H groups in total. The molecule has 1 aliphatic rings. The van der Waals surface area contributed by atoms with Crippen LogP contribution in [0.1, 0.15) is 25.3 Å². The van der Waals surface area contributed by atoms with Crippen molar-refractivity contribution in [3.05, 3.63) is 29.8 Å². The number of hydrogen-bond acceptors (Lipinski definition) is 3. The van der Waals surface area contributed by atoms with Crippen LogP contribution >= 0.6 is 11.8 Å². The Kier molecular flexibility index (Phi) is 5.14. The summed E-state index contributed by atoms with van der Waals surface area (Å²) in [6.07, 6.45) is 2.03. The molecule has 1 amide bonds. The molecule has 1 aliphatic heterocycles. The number of benzene rings is 1. The van der Waals surface area contributed by atoms with Gasteiger partial charge >= 0.3 is 0 Å². The van der Waals surface area contributed by atoms with Crippen LogP contribution in [0.4, 0.5) is 5.69 Å². The van der Waals surface area contributed by atoms with Crippen molar-refractivity contribution in [3.8, 4) is 0 Å². The second-order valence-corrected chi connectivity index (χ2v) is 6.21. The summed E-state index contributed by atoms with van der Waals surface area (Å²) in [6.45, 7) is 3.66. The van der Waals surface area contributed by atoms with Crippen LogP contribution in [0.15, 0.2) is 24.3 Å². The monoisotopic (exact) mass is 278 g/mol.